The van der Waals surface area contributed by atoms with Crippen LogP contribution >= 0.6 is 0 Å². The van der Waals surface area contributed by atoms with Crippen molar-refractivity contribution in [3.05, 3.63) is 29.8 Å². The van der Waals surface area contributed by atoms with Crippen LogP contribution in [-0.4, -0.2) is 26.9 Å². The van der Waals surface area contributed by atoms with Crippen LogP contribution in [0.15, 0.2) is 24.3 Å². The van der Waals surface area contributed by atoms with Gasteiger partial charge in [0.25, 0.3) is 0 Å². The molecule has 0 amide bonds. The summed E-state index contributed by atoms with van der Waals surface area (Å²) in [6, 6.07) is 8.28. The maximum atomic E-state index is 5.63. The topological polar surface area (TPSA) is 30.5 Å². The molecular formula is C14H23NO2. The molecule has 0 aromatic heterocycles. The lowest BCUT2D eigenvalue weighted by Gasteiger charge is -2.20. The number of methoxy groups -OCH3 is 1. The zero-order chi connectivity index (χ0) is 12.5. The number of rotatable bonds is 8. The molecule has 1 N–H and O–H groups in total. The average Bonchev–Trinajstić information content (AvgIpc) is 2.38. The lowest BCUT2D eigenvalue weighted by Crippen LogP contribution is -2.26. The summed E-state index contributed by atoms with van der Waals surface area (Å²) < 4.78 is 11.0. The summed E-state index contributed by atoms with van der Waals surface area (Å²) in [6.07, 6.45) is 1.05. The van der Waals surface area contributed by atoms with Crippen LogP contribution in [0.5, 0.6) is 5.75 Å². The van der Waals surface area contributed by atoms with Gasteiger partial charge in [0.15, 0.2) is 0 Å². The van der Waals surface area contributed by atoms with Crippen LogP contribution in [0.1, 0.15) is 31.9 Å². The molecule has 1 unspecified atom stereocenters. The third-order valence-electron chi connectivity index (χ3n) is 2.60. The summed E-state index contributed by atoms with van der Waals surface area (Å²) in [6.45, 7) is 6.62. The Kier molecular flexibility index (Phi) is 6.67. The number of benzene rings is 1. The quantitative estimate of drug-likeness (QED) is 0.705. The Balaban J connectivity index is 2.73. The lowest BCUT2D eigenvalue weighted by molar-refractivity contribution is 0.111. The average molecular weight is 237 g/mol. The molecule has 17 heavy (non-hydrogen) atoms. The first kappa shape index (κ1) is 14.0. The van der Waals surface area contributed by atoms with E-state index in [4.69, 9.17) is 9.47 Å². The van der Waals surface area contributed by atoms with Gasteiger partial charge in [-0.1, -0.05) is 32.0 Å². The van der Waals surface area contributed by atoms with E-state index in [1.165, 1.54) is 0 Å². The molecule has 0 aliphatic carbocycles. The molecule has 1 atom stereocenters. The van der Waals surface area contributed by atoms with Gasteiger partial charge in [-0.25, -0.2) is 0 Å². The second-order valence-electron chi connectivity index (χ2n) is 3.93. The summed E-state index contributed by atoms with van der Waals surface area (Å²) in [7, 11) is 1.70. The van der Waals surface area contributed by atoms with Gasteiger partial charge in [0.05, 0.1) is 19.8 Å². The van der Waals surface area contributed by atoms with Crippen LogP contribution in [0, 0.1) is 0 Å². The van der Waals surface area contributed by atoms with E-state index in [9.17, 15) is 0 Å². The molecule has 3 nitrogen and oxygen atoms in total. The van der Waals surface area contributed by atoms with Crippen LogP contribution in [0.3, 0.4) is 0 Å². The second-order valence-corrected chi connectivity index (χ2v) is 3.93. The van der Waals surface area contributed by atoms with Crippen molar-refractivity contribution in [2.45, 2.75) is 26.3 Å². The van der Waals surface area contributed by atoms with Crippen LogP contribution in [0.2, 0.25) is 0 Å². The van der Waals surface area contributed by atoms with Gasteiger partial charge >= 0.3 is 0 Å². The molecule has 1 rings (SSSR count). The molecule has 0 fully saturated rings. The Hall–Kier alpha value is -1.06. The van der Waals surface area contributed by atoms with Crippen molar-refractivity contribution in [1.29, 1.82) is 0 Å². The van der Waals surface area contributed by atoms with Crippen molar-refractivity contribution in [1.82, 2.24) is 5.32 Å². The number of hydrogen-bond donors (Lipinski definition) is 1. The van der Waals surface area contributed by atoms with Crippen molar-refractivity contribution >= 4 is 0 Å². The number of ether oxygens (including phenoxy) is 2. The molecule has 0 radical (unpaired) electrons. The van der Waals surface area contributed by atoms with Gasteiger partial charge in [0.2, 0.25) is 0 Å². The normalized spacial score (nSPS) is 12.4. The highest BCUT2D eigenvalue weighted by Gasteiger charge is 2.14. The van der Waals surface area contributed by atoms with Gasteiger partial charge in [-0.15, -0.1) is 0 Å². The number of para-hydroxylation sites is 1. The lowest BCUT2D eigenvalue weighted by atomic mass is 10.1. The molecule has 0 heterocycles. The zero-order valence-electron chi connectivity index (χ0n) is 11.0. The summed E-state index contributed by atoms with van der Waals surface area (Å²) in [5.74, 6) is 0.915. The molecule has 0 saturated carbocycles. The highest BCUT2D eigenvalue weighted by molar-refractivity contribution is 5.35. The van der Waals surface area contributed by atoms with Gasteiger partial charge < -0.3 is 14.8 Å². The highest BCUT2D eigenvalue weighted by atomic mass is 16.5. The molecule has 0 bridgehead atoms. The first-order chi connectivity index (χ1) is 8.33. The fraction of sp³-hybridized carbons (Fsp3) is 0.571. The van der Waals surface area contributed by atoms with Crippen molar-refractivity contribution in [3.8, 4) is 5.75 Å². The summed E-state index contributed by atoms with van der Waals surface area (Å²) in [4.78, 5) is 0. The van der Waals surface area contributed by atoms with Crippen LogP contribution < -0.4 is 10.1 Å². The minimum absolute atomic E-state index is 0.197. The first-order valence-electron chi connectivity index (χ1n) is 6.27. The predicted octanol–water partition coefficient (Wildman–Crippen LogP) is 2.77. The number of nitrogens with one attached hydrogen (secondary N) is 1. The minimum Gasteiger partial charge on any atom is -0.496 e. The predicted molar refractivity (Wildman–Crippen MR) is 70.5 cm³/mol. The number of hydrogen-bond acceptors (Lipinski definition) is 3. The first-order valence-corrected chi connectivity index (χ1v) is 6.27. The van der Waals surface area contributed by atoms with Gasteiger partial charge in [-0.2, -0.15) is 0 Å². The van der Waals surface area contributed by atoms with Crippen molar-refractivity contribution in [3.63, 3.8) is 0 Å². The molecule has 1 aromatic carbocycles. The summed E-state index contributed by atoms with van der Waals surface area (Å²) in [5.41, 5.74) is 1.16. The Morgan fingerprint density at radius 1 is 1.24 bits per heavy atom. The molecular weight excluding hydrogens is 214 g/mol. The van der Waals surface area contributed by atoms with Crippen LogP contribution in [-0.2, 0) is 4.74 Å². The minimum atomic E-state index is 0.197. The Bertz CT molecular complexity index is 315. The van der Waals surface area contributed by atoms with E-state index in [0.717, 1.165) is 30.9 Å². The van der Waals surface area contributed by atoms with E-state index < -0.39 is 0 Å². The highest BCUT2D eigenvalue weighted by Crippen LogP contribution is 2.24. The van der Waals surface area contributed by atoms with Gasteiger partial charge in [-0.3, -0.25) is 0 Å². The van der Waals surface area contributed by atoms with E-state index in [0.29, 0.717) is 6.61 Å². The molecule has 0 aliphatic rings. The summed E-state index contributed by atoms with van der Waals surface area (Å²) in [5, 5.41) is 3.43. The van der Waals surface area contributed by atoms with Crippen molar-refractivity contribution < 1.29 is 9.47 Å². The molecule has 0 spiro atoms. The molecule has 3 heteroatoms. The van der Waals surface area contributed by atoms with Crippen LogP contribution in [0.4, 0.5) is 0 Å². The fourth-order valence-corrected chi connectivity index (χ4v) is 1.80. The van der Waals surface area contributed by atoms with E-state index in [2.05, 4.69) is 25.2 Å². The van der Waals surface area contributed by atoms with Gasteiger partial charge in [-0.05, 0) is 19.0 Å². The maximum Gasteiger partial charge on any atom is 0.123 e. The Morgan fingerprint density at radius 3 is 2.65 bits per heavy atom. The zero-order valence-corrected chi connectivity index (χ0v) is 11.0. The monoisotopic (exact) mass is 237 g/mol. The molecule has 0 aliphatic heterocycles. The molecule has 0 saturated heterocycles. The second kappa shape index (κ2) is 8.09. The van der Waals surface area contributed by atoms with Crippen molar-refractivity contribution in [2.75, 3.05) is 26.9 Å². The van der Waals surface area contributed by atoms with E-state index >= 15 is 0 Å². The van der Waals surface area contributed by atoms with Gasteiger partial charge in [0.1, 0.15) is 5.75 Å². The smallest absolute Gasteiger partial charge is 0.123 e. The SMILES string of the molecule is CCCOCC(NCC)c1ccccc1OC. The Labute approximate surface area is 104 Å². The molecule has 1 aromatic rings. The largest absolute Gasteiger partial charge is 0.496 e. The number of likely N-dealkylation sites (N-methyl/N-ethyl adjacent to an activating group) is 1. The third kappa shape index (κ3) is 4.36. The molecule has 96 valence electrons. The third-order valence-corrected chi connectivity index (χ3v) is 2.60. The maximum absolute atomic E-state index is 5.63. The van der Waals surface area contributed by atoms with Crippen LogP contribution in [0.25, 0.3) is 0 Å². The van der Waals surface area contributed by atoms with E-state index in [1.54, 1.807) is 7.11 Å². The Morgan fingerprint density at radius 2 is 2.00 bits per heavy atom. The van der Waals surface area contributed by atoms with E-state index in [-0.39, 0.29) is 6.04 Å². The standard InChI is InChI=1S/C14H23NO2/c1-4-10-17-11-13(15-5-2)12-8-6-7-9-14(12)16-3/h6-9,13,15H,4-5,10-11H2,1-3H3. The van der Waals surface area contributed by atoms with Crippen molar-refractivity contribution in [2.24, 2.45) is 0 Å². The van der Waals surface area contributed by atoms with Gasteiger partial charge in [0, 0.05) is 12.2 Å². The fourth-order valence-electron chi connectivity index (χ4n) is 1.80. The van der Waals surface area contributed by atoms with E-state index in [1.807, 2.05) is 18.2 Å². The summed E-state index contributed by atoms with van der Waals surface area (Å²) >= 11 is 0.